The molecule has 21 heavy (non-hydrogen) atoms. The molecule has 0 aliphatic heterocycles. The molecule has 0 radical (unpaired) electrons. The van der Waals surface area contributed by atoms with Gasteiger partial charge in [-0.05, 0) is 42.3 Å². The fourth-order valence-corrected chi connectivity index (χ4v) is 2.89. The van der Waals surface area contributed by atoms with Crippen LogP contribution in [0.25, 0.3) is 11.0 Å². The lowest BCUT2D eigenvalue weighted by atomic mass is 10.0. The van der Waals surface area contributed by atoms with E-state index >= 15 is 0 Å². The summed E-state index contributed by atoms with van der Waals surface area (Å²) in [5.74, 6) is 6.09. The number of nitrogens with one attached hydrogen (secondary N) is 1. The smallest absolute Gasteiger partial charge is 0.134 e. The molecule has 0 fully saturated rings. The minimum Gasteiger partial charge on any atom is -0.459 e. The minimum atomic E-state index is -0.278. The SMILES string of the molecule is NNC(Cc1cc(F)cc(Br)c1)c1cc2ccccc2o1. The van der Waals surface area contributed by atoms with Crippen LogP contribution in [0.1, 0.15) is 17.4 Å². The van der Waals surface area contributed by atoms with Crippen LogP contribution in [0.5, 0.6) is 0 Å². The Labute approximate surface area is 130 Å². The third-order valence-electron chi connectivity index (χ3n) is 3.35. The molecule has 1 atom stereocenters. The quantitative estimate of drug-likeness (QED) is 0.551. The third-order valence-corrected chi connectivity index (χ3v) is 3.81. The van der Waals surface area contributed by atoms with Crippen molar-refractivity contribution < 1.29 is 8.81 Å². The van der Waals surface area contributed by atoms with Gasteiger partial charge < -0.3 is 4.42 Å². The van der Waals surface area contributed by atoms with Gasteiger partial charge in [-0.3, -0.25) is 5.84 Å². The first-order valence-corrected chi connectivity index (χ1v) is 7.34. The van der Waals surface area contributed by atoms with Crippen molar-refractivity contribution in [3.63, 3.8) is 0 Å². The Hall–Kier alpha value is -1.69. The summed E-state index contributed by atoms with van der Waals surface area (Å²) < 4.78 is 20.0. The average Bonchev–Trinajstić information content (AvgIpc) is 2.87. The van der Waals surface area contributed by atoms with E-state index in [1.54, 1.807) is 0 Å². The lowest BCUT2D eigenvalue weighted by Gasteiger charge is -2.13. The maximum Gasteiger partial charge on any atom is 0.134 e. The summed E-state index contributed by atoms with van der Waals surface area (Å²) in [5, 5.41) is 1.02. The fraction of sp³-hybridized carbons (Fsp3) is 0.125. The van der Waals surface area contributed by atoms with Gasteiger partial charge in [0.05, 0.1) is 6.04 Å². The van der Waals surface area contributed by atoms with Crippen molar-refractivity contribution in [3.05, 3.63) is 70.1 Å². The van der Waals surface area contributed by atoms with Crippen molar-refractivity contribution in [1.82, 2.24) is 5.43 Å². The minimum absolute atomic E-state index is 0.217. The molecular formula is C16H14BrFN2O. The van der Waals surface area contributed by atoms with Crippen molar-refractivity contribution in [2.45, 2.75) is 12.5 Å². The van der Waals surface area contributed by atoms with Crippen molar-refractivity contribution >= 4 is 26.9 Å². The summed E-state index contributed by atoms with van der Waals surface area (Å²) in [4.78, 5) is 0. The Kier molecular flexibility index (Phi) is 4.05. The fourth-order valence-electron chi connectivity index (χ4n) is 2.38. The zero-order valence-corrected chi connectivity index (χ0v) is 12.7. The maximum atomic E-state index is 13.4. The Morgan fingerprint density at radius 2 is 2.00 bits per heavy atom. The topological polar surface area (TPSA) is 51.2 Å². The van der Waals surface area contributed by atoms with Gasteiger partial charge in [-0.25, -0.2) is 9.82 Å². The van der Waals surface area contributed by atoms with E-state index < -0.39 is 0 Å². The first-order chi connectivity index (χ1) is 10.2. The first kappa shape index (κ1) is 14.3. The summed E-state index contributed by atoms with van der Waals surface area (Å²) in [5.41, 5.74) is 4.39. The normalized spacial score (nSPS) is 12.7. The van der Waals surface area contributed by atoms with Crippen LogP contribution in [0, 0.1) is 5.82 Å². The summed E-state index contributed by atoms with van der Waals surface area (Å²) in [6.45, 7) is 0. The highest BCUT2D eigenvalue weighted by Crippen LogP contribution is 2.26. The van der Waals surface area contributed by atoms with E-state index in [2.05, 4.69) is 21.4 Å². The number of furan rings is 1. The van der Waals surface area contributed by atoms with Gasteiger partial charge >= 0.3 is 0 Å². The second-order valence-corrected chi connectivity index (χ2v) is 5.80. The van der Waals surface area contributed by atoms with Gasteiger partial charge in [-0.2, -0.15) is 0 Å². The second kappa shape index (κ2) is 5.97. The second-order valence-electron chi connectivity index (χ2n) is 4.89. The van der Waals surface area contributed by atoms with Crippen LogP contribution < -0.4 is 11.3 Å². The van der Waals surface area contributed by atoms with E-state index in [0.29, 0.717) is 10.9 Å². The van der Waals surface area contributed by atoms with E-state index in [-0.39, 0.29) is 11.9 Å². The molecule has 1 unspecified atom stereocenters. The van der Waals surface area contributed by atoms with E-state index in [9.17, 15) is 4.39 Å². The summed E-state index contributed by atoms with van der Waals surface area (Å²) in [6.07, 6.45) is 0.534. The number of hydrazine groups is 1. The highest BCUT2D eigenvalue weighted by Gasteiger charge is 2.16. The zero-order chi connectivity index (χ0) is 14.8. The number of hydrogen-bond donors (Lipinski definition) is 2. The summed E-state index contributed by atoms with van der Waals surface area (Å²) >= 11 is 3.29. The average molecular weight is 349 g/mol. The molecular weight excluding hydrogens is 335 g/mol. The first-order valence-electron chi connectivity index (χ1n) is 6.55. The van der Waals surface area contributed by atoms with Crippen LogP contribution in [0.15, 0.2) is 57.4 Å². The lowest BCUT2D eigenvalue weighted by molar-refractivity contribution is 0.434. The van der Waals surface area contributed by atoms with Gasteiger partial charge in [0.15, 0.2) is 0 Å². The van der Waals surface area contributed by atoms with Crippen molar-refractivity contribution in [2.24, 2.45) is 5.84 Å². The van der Waals surface area contributed by atoms with E-state index in [1.807, 2.05) is 36.4 Å². The summed E-state index contributed by atoms with van der Waals surface area (Å²) in [6, 6.07) is 14.3. The third kappa shape index (κ3) is 3.15. The monoisotopic (exact) mass is 348 g/mol. The predicted molar refractivity (Wildman–Crippen MR) is 84.1 cm³/mol. The molecule has 3 N–H and O–H groups in total. The Morgan fingerprint density at radius 3 is 2.71 bits per heavy atom. The van der Waals surface area contributed by atoms with Crippen LogP contribution in [0.4, 0.5) is 4.39 Å². The lowest BCUT2D eigenvalue weighted by Crippen LogP contribution is -2.29. The van der Waals surface area contributed by atoms with Crippen LogP contribution in [0.2, 0.25) is 0 Å². The number of benzene rings is 2. The van der Waals surface area contributed by atoms with Gasteiger partial charge in [-0.1, -0.05) is 34.1 Å². The highest BCUT2D eigenvalue weighted by atomic mass is 79.9. The molecule has 0 saturated heterocycles. The number of rotatable bonds is 4. The van der Waals surface area contributed by atoms with Gasteiger partial charge in [0.2, 0.25) is 0 Å². The number of hydrogen-bond acceptors (Lipinski definition) is 3. The Bertz CT molecular complexity index is 719. The molecule has 108 valence electrons. The number of halogens is 2. The van der Waals surface area contributed by atoms with Crippen LogP contribution in [-0.4, -0.2) is 0 Å². The van der Waals surface area contributed by atoms with Crippen molar-refractivity contribution in [3.8, 4) is 0 Å². The zero-order valence-electron chi connectivity index (χ0n) is 11.1. The Morgan fingerprint density at radius 1 is 1.19 bits per heavy atom. The van der Waals surface area contributed by atoms with Crippen LogP contribution >= 0.6 is 15.9 Å². The van der Waals surface area contributed by atoms with Crippen LogP contribution in [0.3, 0.4) is 0 Å². The molecule has 3 rings (SSSR count). The molecule has 3 aromatic rings. The van der Waals surface area contributed by atoms with Crippen LogP contribution in [-0.2, 0) is 6.42 Å². The van der Waals surface area contributed by atoms with Crippen molar-refractivity contribution in [2.75, 3.05) is 0 Å². The standard InChI is InChI=1S/C16H14BrFN2O/c17-12-5-10(6-13(18)9-12)7-14(20-19)16-8-11-3-1-2-4-15(11)21-16/h1-6,8-9,14,20H,7,19H2. The summed E-state index contributed by atoms with van der Waals surface area (Å²) in [7, 11) is 0. The molecule has 2 aromatic carbocycles. The molecule has 0 spiro atoms. The Balaban J connectivity index is 1.90. The van der Waals surface area contributed by atoms with E-state index in [1.165, 1.54) is 12.1 Å². The molecule has 5 heteroatoms. The van der Waals surface area contributed by atoms with E-state index in [0.717, 1.165) is 22.3 Å². The molecule has 3 nitrogen and oxygen atoms in total. The number of para-hydroxylation sites is 1. The predicted octanol–water partition coefficient (Wildman–Crippen LogP) is 4.08. The molecule has 0 saturated carbocycles. The number of fused-ring (bicyclic) bond motifs is 1. The van der Waals surface area contributed by atoms with E-state index in [4.69, 9.17) is 10.3 Å². The molecule has 0 aliphatic rings. The number of nitrogens with two attached hydrogens (primary N) is 1. The highest BCUT2D eigenvalue weighted by molar-refractivity contribution is 9.10. The molecule has 0 amide bonds. The van der Waals surface area contributed by atoms with Gasteiger partial charge in [0.25, 0.3) is 0 Å². The van der Waals surface area contributed by atoms with Gasteiger partial charge in [-0.15, -0.1) is 0 Å². The molecule has 1 heterocycles. The van der Waals surface area contributed by atoms with Gasteiger partial charge in [0.1, 0.15) is 17.2 Å². The molecule has 0 bridgehead atoms. The molecule has 1 aromatic heterocycles. The molecule has 0 aliphatic carbocycles. The largest absolute Gasteiger partial charge is 0.459 e. The van der Waals surface area contributed by atoms with Crippen molar-refractivity contribution in [1.29, 1.82) is 0 Å². The van der Waals surface area contributed by atoms with Gasteiger partial charge in [0, 0.05) is 9.86 Å². The maximum absolute atomic E-state index is 13.4.